The number of benzene rings is 1. The van der Waals surface area contributed by atoms with Gasteiger partial charge in [0.15, 0.2) is 5.60 Å². The van der Waals surface area contributed by atoms with Crippen LogP contribution in [0.1, 0.15) is 31.5 Å². The van der Waals surface area contributed by atoms with E-state index in [1.54, 1.807) is 12.1 Å². The number of nitrogens with one attached hydrogen (secondary N) is 1. The highest BCUT2D eigenvalue weighted by Gasteiger charge is 2.56. The number of fused-ring (bicyclic) bond motifs is 1. The van der Waals surface area contributed by atoms with Crippen molar-refractivity contribution in [2.75, 3.05) is 7.11 Å². The first kappa shape index (κ1) is 21.1. The normalized spacial score (nSPS) is 14.8. The largest absolute Gasteiger partial charge is 0.496 e. The lowest BCUT2D eigenvalue weighted by Gasteiger charge is -2.38. The maximum absolute atomic E-state index is 14.0. The van der Waals surface area contributed by atoms with Gasteiger partial charge < -0.3 is 14.8 Å². The second kappa shape index (κ2) is 7.33. The number of nitrogens with zero attached hydrogens (tertiary/aromatic N) is 1. The van der Waals surface area contributed by atoms with Gasteiger partial charge in [-0.05, 0) is 42.2 Å². The van der Waals surface area contributed by atoms with Crippen molar-refractivity contribution in [1.29, 1.82) is 0 Å². The molecular formula is C21H22F4N2O2. The summed E-state index contributed by atoms with van der Waals surface area (Å²) in [5, 5.41) is 11.5. The molecule has 3 aromatic rings. The fraction of sp³-hybridized carbons (Fsp3) is 0.381. The number of aromatic amines is 1. The second-order valence-electron chi connectivity index (χ2n) is 7.87. The molecule has 0 amide bonds. The number of ether oxygens (including phenoxy) is 1. The maximum atomic E-state index is 14.0. The molecule has 0 unspecified atom stereocenters. The molecule has 2 heterocycles. The van der Waals surface area contributed by atoms with E-state index in [1.165, 1.54) is 45.5 Å². The molecule has 0 saturated heterocycles. The Hall–Kier alpha value is -2.61. The number of aromatic nitrogens is 2. The van der Waals surface area contributed by atoms with Crippen LogP contribution in [0.3, 0.4) is 0 Å². The number of hydrogen-bond donors (Lipinski definition) is 2. The molecule has 8 heteroatoms. The molecule has 1 aromatic carbocycles. The van der Waals surface area contributed by atoms with Gasteiger partial charge in [-0.1, -0.05) is 13.8 Å². The van der Waals surface area contributed by atoms with Gasteiger partial charge in [-0.3, -0.25) is 4.98 Å². The first-order valence-electron chi connectivity index (χ1n) is 9.00. The van der Waals surface area contributed by atoms with E-state index in [0.29, 0.717) is 10.9 Å². The highest BCUT2D eigenvalue weighted by molar-refractivity contribution is 5.79. The van der Waals surface area contributed by atoms with Gasteiger partial charge in [-0.2, -0.15) is 13.2 Å². The quantitative estimate of drug-likeness (QED) is 0.568. The van der Waals surface area contributed by atoms with Gasteiger partial charge in [0.1, 0.15) is 11.6 Å². The van der Waals surface area contributed by atoms with Crippen molar-refractivity contribution in [3.63, 3.8) is 0 Å². The number of pyridine rings is 1. The Kier molecular flexibility index (Phi) is 5.34. The molecule has 0 saturated carbocycles. The summed E-state index contributed by atoms with van der Waals surface area (Å²) in [6, 6.07) is 6.91. The van der Waals surface area contributed by atoms with Gasteiger partial charge in [0.05, 0.1) is 18.8 Å². The van der Waals surface area contributed by atoms with Gasteiger partial charge in [0.2, 0.25) is 0 Å². The lowest BCUT2D eigenvalue weighted by Crippen LogP contribution is -2.51. The van der Waals surface area contributed by atoms with E-state index in [0.717, 1.165) is 6.07 Å². The molecule has 3 rings (SSSR count). The predicted molar refractivity (Wildman–Crippen MR) is 101 cm³/mol. The minimum absolute atomic E-state index is 0.231. The molecule has 4 nitrogen and oxygen atoms in total. The summed E-state index contributed by atoms with van der Waals surface area (Å²) in [6.07, 6.45) is -3.22. The molecule has 2 aromatic heterocycles. The Morgan fingerprint density at radius 2 is 1.86 bits per heavy atom. The van der Waals surface area contributed by atoms with E-state index < -0.39 is 35.9 Å². The fourth-order valence-electron chi connectivity index (χ4n) is 3.74. The van der Waals surface area contributed by atoms with Gasteiger partial charge in [-0.25, -0.2) is 4.39 Å². The third kappa shape index (κ3) is 4.22. The molecule has 0 spiro atoms. The molecule has 0 fully saturated rings. The average molecular weight is 410 g/mol. The van der Waals surface area contributed by atoms with Crippen LogP contribution >= 0.6 is 0 Å². The molecule has 2 N–H and O–H groups in total. The van der Waals surface area contributed by atoms with E-state index in [4.69, 9.17) is 4.74 Å². The van der Waals surface area contributed by atoms with E-state index in [1.807, 2.05) is 0 Å². The number of alkyl halides is 3. The molecule has 0 bridgehead atoms. The smallest absolute Gasteiger partial charge is 0.417 e. The van der Waals surface area contributed by atoms with E-state index in [9.17, 15) is 22.7 Å². The number of rotatable bonds is 6. The van der Waals surface area contributed by atoms with Crippen LogP contribution in [0.5, 0.6) is 5.75 Å². The average Bonchev–Trinajstić information content (AvgIpc) is 3.02. The van der Waals surface area contributed by atoms with Crippen LogP contribution in [0, 0.1) is 5.82 Å². The van der Waals surface area contributed by atoms with Crippen molar-refractivity contribution in [2.24, 2.45) is 0 Å². The van der Waals surface area contributed by atoms with E-state index in [-0.39, 0.29) is 17.0 Å². The Morgan fingerprint density at radius 3 is 2.48 bits per heavy atom. The third-order valence-corrected chi connectivity index (χ3v) is 5.12. The minimum Gasteiger partial charge on any atom is -0.496 e. The van der Waals surface area contributed by atoms with Crippen molar-refractivity contribution >= 4 is 10.9 Å². The number of aliphatic hydroxyl groups is 1. The Bertz CT molecular complexity index is 980. The van der Waals surface area contributed by atoms with Gasteiger partial charge in [-0.15, -0.1) is 0 Å². The molecule has 1 atom stereocenters. The second-order valence-corrected chi connectivity index (χ2v) is 7.87. The molecular weight excluding hydrogens is 388 g/mol. The van der Waals surface area contributed by atoms with Gasteiger partial charge in [0.25, 0.3) is 0 Å². The van der Waals surface area contributed by atoms with Crippen LogP contribution in [0.25, 0.3) is 10.9 Å². The zero-order valence-corrected chi connectivity index (χ0v) is 16.3. The number of H-pyrrole nitrogens is 1. The molecule has 0 aliphatic rings. The summed E-state index contributed by atoms with van der Waals surface area (Å²) >= 11 is 0. The van der Waals surface area contributed by atoms with Crippen molar-refractivity contribution < 1.29 is 27.4 Å². The molecule has 0 aliphatic heterocycles. The molecule has 156 valence electrons. The Labute approximate surface area is 165 Å². The number of methoxy groups -OCH3 is 1. The minimum atomic E-state index is -4.90. The first-order chi connectivity index (χ1) is 13.4. The van der Waals surface area contributed by atoms with Crippen molar-refractivity contribution in [2.45, 2.75) is 43.9 Å². The molecule has 0 radical (unpaired) electrons. The summed E-state index contributed by atoms with van der Waals surface area (Å²) in [7, 11) is 1.36. The summed E-state index contributed by atoms with van der Waals surface area (Å²) in [6.45, 7) is 3.05. The highest BCUT2D eigenvalue weighted by atomic mass is 19.4. The summed E-state index contributed by atoms with van der Waals surface area (Å²) in [4.78, 5) is 6.81. The van der Waals surface area contributed by atoms with E-state index in [2.05, 4.69) is 9.97 Å². The number of halogens is 4. The summed E-state index contributed by atoms with van der Waals surface area (Å²) < 4.78 is 60.9. The molecule has 29 heavy (non-hydrogen) atoms. The monoisotopic (exact) mass is 410 g/mol. The van der Waals surface area contributed by atoms with Crippen LogP contribution < -0.4 is 4.74 Å². The highest BCUT2D eigenvalue weighted by Crippen LogP contribution is 2.45. The Balaban J connectivity index is 1.99. The van der Waals surface area contributed by atoms with E-state index >= 15 is 0 Å². The van der Waals surface area contributed by atoms with Gasteiger partial charge >= 0.3 is 6.18 Å². The van der Waals surface area contributed by atoms with Crippen LogP contribution in [0.2, 0.25) is 0 Å². The predicted octanol–water partition coefficient (Wildman–Crippen LogP) is 4.91. The zero-order chi connectivity index (χ0) is 21.4. The lowest BCUT2D eigenvalue weighted by molar-refractivity contribution is -0.266. The van der Waals surface area contributed by atoms with Crippen LogP contribution in [-0.4, -0.2) is 34.0 Å². The maximum Gasteiger partial charge on any atom is 0.417 e. The first-order valence-corrected chi connectivity index (χ1v) is 9.00. The van der Waals surface area contributed by atoms with Crippen LogP contribution in [-0.2, 0) is 11.8 Å². The van der Waals surface area contributed by atoms with Crippen LogP contribution in [0.15, 0.2) is 42.7 Å². The Morgan fingerprint density at radius 1 is 1.14 bits per heavy atom. The SMILES string of the molecule is COc1ccc(F)cc1C(C)(C)C[C@](O)(Cc1cc2ccncc2[nH]1)C(F)(F)F. The lowest BCUT2D eigenvalue weighted by atomic mass is 9.73. The topological polar surface area (TPSA) is 58.1 Å². The third-order valence-electron chi connectivity index (χ3n) is 5.12. The van der Waals surface area contributed by atoms with Crippen molar-refractivity contribution in [1.82, 2.24) is 9.97 Å². The summed E-state index contributed by atoms with van der Waals surface area (Å²) in [5.74, 6) is -0.329. The fourth-order valence-corrected chi connectivity index (χ4v) is 3.74. The van der Waals surface area contributed by atoms with Crippen LogP contribution in [0.4, 0.5) is 17.6 Å². The summed E-state index contributed by atoms with van der Waals surface area (Å²) in [5.41, 5.74) is -3.20. The van der Waals surface area contributed by atoms with Crippen molar-refractivity contribution in [3.8, 4) is 5.75 Å². The zero-order valence-electron chi connectivity index (χ0n) is 16.3. The standard InChI is InChI=1S/C21H22F4N2O2/c1-19(2,16-9-14(22)4-5-18(16)29-3)12-20(28,21(23,24)25)10-15-8-13-6-7-26-11-17(13)27-15/h4-9,11,27-28H,10,12H2,1-3H3/t20-/m1/s1. The van der Waals surface area contributed by atoms with Crippen molar-refractivity contribution in [3.05, 3.63) is 59.8 Å². The number of hydrogen-bond acceptors (Lipinski definition) is 3. The van der Waals surface area contributed by atoms with Gasteiger partial charge in [0, 0.05) is 29.3 Å². The molecule has 0 aliphatic carbocycles.